The van der Waals surface area contributed by atoms with Crippen molar-refractivity contribution in [3.05, 3.63) is 94.5 Å². The average Bonchev–Trinajstić information content (AvgIpc) is 2.89. The van der Waals surface area contributed by atoms with E-state index in [9.17, 15) is 9.59 Å². The van der Waals surface area contributed by atoms with Gasteiger partial charge >= 0.3 is 0 Å². The lowest BCUT2D eigenvalue weighted by Gasteiger charge is -2.36. The molecule has 3 aromatic rings. The number of nitrogens with one attached hydrogen (secondary N) is 1. The quantitative estimate of drug-likeness (QED) is 0.456. The fraction of sp³-hybridized carbons (Fsp3) is 0.286. The highest BCUT2D eigenvalue weighted by Gasteiger charge is 2.29. The number of carbonyl (C=O) groups is 2. The third-order valence-electron chi connectivity index (χ3n) is 6.44. The van der Waals surface area contributed by atoms with E-state index in [2.05, 4.69) is 5.32 Å². The molecule has 1 aliphatic carbocycles. The summed E-state index contributed by atoms with van der Waals surface area (Å²) in [5, 5.41) is 3.47. The Kier molecular flexibility index (Phi) is 8.06. The Labute approximate surface area is 211 Å². The topological polar surface area (TPSA) is 84.7 Å². The molecule has 0 aliphatic heterocycles. The van der Waals surface area contributed by atoms with Gasteiger partial charge in [-0.3, -0.25) is 9.59 Å². The second kappa shape index (κ2) is 11.4. The SMILES string of the molecule is COc1cccc(C(=O)Nc2ccc(Cl)c(CN(C(=O)c3ccccc3)C3CCC(N)CC3)c2)c1. The van der Waals surface area contributed by atoms with E-state index in [1.807, 2.05) is 41.3 Å². The fourth-order valence-corrected chi connectivity index (χ4v) is 4.63. The van der Waals surface area contributed by atoms with Crippen molar-refractivity contribution >= 4 is 29.1 Å². The van der Waals surface area contributed by atoms with Gasteiger partial charge in [-0.15, -0.1) is 0 Å². The standard InChI is InChI=1S/C28H30ClN3O3/c1-35-25-9-5-8-20(17-25)27(33)31-23-12-15-26(29)21(16-23)18-32(24-13-10-22(30)11-14-24)28(34)19-6-3-2-4-7-19/h2-9,12,15-17,22,24H,10-11,13-14,18,30H2,1H3,(H,31,33). The number of hydrogen-bond donors (Lipinski definition) is 2. The van der Waals surface area contributed by atoms with Crippen molar-refractivity contribution in [3.63, 3.8) is 0 Å². The van der Waals surface area contributed by atoms with Crippen molar-refractivity contribution in [3.8, 4) is 5.75 Å². The van der Waals surface area contributed by atoms with Crippen molar-refractivity contribution in [2.75, 3.05) is 12.4 Å². The third-order valence-corrected chi connectivity index (χ3v) is 6.81. The van der Waals surface area contributed by atoms with Gasteiger partial charge in [-0.25, -0.2) is 0 Å². The van der Waals surface area contributed by atoms with Crippen LogP contribution in [0.3, 0.4) is 0 Å². The zero-order chi connectivity index (χ0) is 24.8. The minimum Gasteiger partial charge on any atom is -0.497 e. The van der Waals surface area contributed by atoms with Crippen LogP contribution in [0.4, 0.5) is 5.69 Å². The van der Waals surface area contributed by atoms with E-state index in [0.29, 0.717) is 34.1 Å². The molecular weight excluding hydrogens is 462 g/mol. The maximum atomic E-state index is 13.5. The number of rotatable bonds is 7. The van der Waals surface area contributed by atoms with Crippen LogP contribution in [0.1, 0.15) is 52.0 Å². The summed E-state index contributed by atoms with van der Waals surface area (Å²) >= 11 is 6.56. The molecule has 1 saturated carbocycles. The van der Waals surface area contributed by atoms with E-state index < -0.39 is 0 Å². The van der Waals surface area contributed by atoms with Crippen molar-refractivity contribution in [1.29, 1.82) is 0 Å². The highest BCUT2D eigenvalue weighted by Crippen LogP contribution is 2.29. The Bertz CT molecular complexity index is 1180. The Hall–Kier alpha value is -3.35. The van der Waals surface area contributed by atoms with Gasteiger partial charge in [0.1, 0.15) is 5.75 Å². The molecule has 0 spiro atoms. The van der Waals surface area contributed by atoms with Crippen LogP contribution in [-0.4, -0.2) is 35.9 Å². The number of benzene rings is 3. The van der Waals surface area contributed by atoms with Crippen LogP contribution in [0, 0.1) is 0 Å². The van der Waals surface area contributed by atoms with Crippen LogP contribution in [0.5, 0.6) is 5.75 Å². The molecule has 0 atom stereocenters. The molecule has 0 radical (unpaired) electrons. The summed E-state index contributed by atoms with van der Waals surface area (Å²) < 4.78 is 5.21. The molecule has 1 aliphatic rings. The average molecular weight is 492 g/mol. The number of carbonyl (C=O) groups excluding carboxylic acids is 2. The molecule has 1 fully saturated rings. The summed E-state index contributed by atoms with van der Waals surface area (Å²) in [5.74, 6) is 0.320. The molecule has 182 valence electrons. The van der Waals surface area contributed by atoms with E-state index >= 15 is 0 Å². The Morgan fingerprint density at radius 2 is 1.69 bits per heavy atom. The van der Waals surface area contributed by atoms with Gasteiger partial charge in [0.2, 0.25) is 0 Å². The highest BCUT2D eigenvalue weighted by molar-refractivity contribution is 6.31. The van der Waals surface area contributed by atoms with Gasteiger partial charge in [-0.05, 0) is 79.8 Å². The maximum absolute atomic E-state index is 13.5. The number of nitrogens with two attached hydrogens (primary N) is 1. The molecule has 0 unspecified atom stereocenters. The number of halogens is 1. The van der Waals surface area contributed by atoms with Crippen LogP contribution in [0.25, 0.3) is 0 Å². The predicted molar refractivity (Wildman–Crippen MR) is 139 cm³/mol. The highest BCUT2D eigenvalue weighted by atomic mass is 35.5. The zero-order valence-corrected chi connectivity index (χ0v) is 20.5. The molecule has 3 N–H and O–H groups in total. The normalized spacial score (nSPS) is 17.5. The minimum absolute atomic E-state index is 0.0343. The van der Waals surface area contributed by atoms with Crippen LogP contribution < -0.4 is 15.8 Å². The molecule has 0 heterocycles. The fourth-order valence-electron chi connectivity index (χ4n) is 4.45. The molecule has 6 nitrogen and oxygen atoms in total. The van der Waals surface area contributed by atoms with Gasteiger partial charge in [0, 0.05) is 40.5 Å². The summed E-state index contributed by atoms with van der Waals surface area (Å²) in [6.45, 7) is 0.343. The molecule has 3 aromatic carbocycles. The van der Waals surface area contributed by atoms with Gasteiger partial charge in [0.25, 0.3) is 11.8 Å². The number of hydrogen-bond acceptors (Lipinski definition) is 4. The van der Waals surface area contributed by atoms with Gasteiger partial charge < -0.3 is 20.7 Å². The maximum Gasteiger partial charge on any atom is 0.255 e. The smallest absolute Gasteiger partial charge is 0.255 e. The number of anilines is 1. The Morgan fingerprint density at radius 1 is 0.971 bits per heavy atom. The first-order valence-electron chi connectivity index (χ1n) is 11.8. The second-order valence-electron chi connectivity index (χ2n) is 8.86. The van der Waals surface area contributed by atoms with E-state index in [0.717, 1.165) is 31.2 Å². The molecule has 0 aromatic heterocycles. The summed E-state index contributed by atoms with van der Waals surface area (Å²) in [4.78, 5) is 28.2. The molecule has 2 amide bonds. The first kappa shape index (κ1) is 24.8. The van der Waals surface area contributed by atoms with Gasteiger partial charge in [-0.1, -0.05) is 35.9 Å². The molecule has 0 bridgehead atoms. The lowest BCUT2D eigenvalue weighted by Crippen LogP contribution is -2.43. The van der Waals surface area contributed by atoms with Gasteiger partial charge in [0.05, 0.1) is 7.11 Å². The third kappa shape index (κ3) is 6.21. The number of ether oxygens (including phenoxy) is 1. The Balaban J connectivity index is 1.57. The first-order valence-corrected chi connectivity index (χ1v) is 12.2. The molecule has 0 saturated heterocycles. The van der Waals surface area contributed by atoms with Crippen molar-refractivity contribution in [2.24, 2.45) is 5.73 Å². The van der Waals surface area contributed by atoms with Crippen molar-refractivity contribution < 1.29 is 14.3 Å². The summed E-state index contributed by atoms with van der Waals surface area (Å²) in [6.07, 6.45) is 3.47. The van der Waals surface area contributed by atoms with Crippen molar-refractivity contribution in [1.82, 2.24) is 4.90 Å². The lowest BCUT2D eigenvalue weighted by molar-refractivity contribution is 0.0606. The van der Waals surface area contributed by atoms with Crippen LogP contribution in [0.15, 0.2) is 72.8 Å². The number of methoxy groups -OCH3 is 1. The van der Waals surface area contributed by atoms with E-state index in [-0.39, 0.29) is 23.9 Å². The van der Waals surface area contributed by atoms with Crippen molar-refractivity contribution in [2.45, 2.75) is 44.3 Å². The lowest BCUT2D eigenvalue weighted by atomic mass is 9.90. The number of nitrogens with zero attached hydrogens (tertiary/aromatic N) is 1. The molecule has 4 rings (SSSR count). The predicted octanol–water partition coefficient (Wildman–Crippen LogP) is 5.51. The zero-order valence-electron chi connectivity index (χ0n) is 19.7. The largest absolute Gasteiger partial charge is 0.497 e. The molecular formula is C28H30ClN3O3. The molecule has 35 heavy (non-hydrogen) atoms. The minimum atomic E-state index is -0.254. The summed E-state index contributed by atoms with van der Waals surface area (Å²) in [5.41, 5.74) is 8.63. The molecule has 7 heteroatoms. The first-order chi connectivity index (χ1) is 16.9. The number of amides is 2. The summed E-state index contributed by atoms with van der Waals surface area (Å²) in [6, 6.07) is 21.8. The van der Waals surface area contributed by atoms with Crippen LogP contribution in [0.2, 0.25) is 5.02 Å². The monoisotopic (exact) mass is 491 g/mol. The van der Waals surface area contributed by atoms with E-state index in [1.54, 1.807) is 43.5 Å². The van der Waals surface area contributed by atoms with E-state index in [1.165, 1.54) is 0 Å². The van der Waals surface area contributed by atoms with Crippen LogP contribution >= 0.6 is 11.6 Å². The summed E-state index contributed by atoms with van der Waals surface area (Å²) in [7, 11) is 1.56. The Morgan fingerprint density at radius 3 is 2.40 bits per heavy atom. The van der Waals surface area contributed by atoms with Gasteiger partial charge in [-0.2, -0.15) is 0 Å². The van der Waals surface area contributed by atoms with Crippen LogP contribution in [-0.2, 0) is 6.54 Å². The second-order valence-corrected chi connectivity index (χ2v) is 9.27. The van der Waals surface area contributed by atoms with Gasteiger partial charge in [0.15, 0.2) is 0 Å². The van der Waals surface area contributed by atoms with E-state index in [4.69, 9.17) is 22.1 Å².